The Labute approximate surface area is 39.6 Å². The molecular weight excluding hydrogens is 224 g/mol. The van der Waals surface area contributed by atoms with Crippen molar-refractivity contribution in [1.82, 2.24) is 0 Å². The van der Waals surface area contributed by atoms with E-state index in [4.69, 9.17) is 5.41 Å². The first kappa shape index (κ1) is 8.84. The normalized spacial score (nSPS) is 3.25. The van der Waals surface area contributed by atoms with E-state index in [2.05, 4.69) is 0 Å². The van der Waals surface area contributed by atoms with Crippen LogP contribution in [0.3, 0.4) is 0 Å². The monoisotopic (exact) mass is 229 g/mol. The fourth-order valence-electron chi connectivity index (χ4n) is 0. The van der Waals surface area contributed by atoms with Crippen LogP contribution in [0.5, 0.6) is 0 Å². The van der Waals surface area contributed by atoms with Gasteiger partial charge in [0.2, 0.25) is 0 Å². The summed E-state index contributed by atoms with van der Waals surface area (Å²) in [6, 6.07) is 0. The molecule has 0 unspecified atom stereocenters. The van der Waals surface area contributed by atoms with Crippen molar-refractivity contribution in [2.75, 3.05) is 0 Å². The first-order valence-electron chi connectivity index (χ1n) is 0.836. The maximum absolute atomic E-state index is 7.44. The molecule has 0 spiro atoms. The van der Waals surface area contributed by atoms with Gasteiger partial charge in [0.1, 0.15) is 0 Å². The van der Waals surface area contributed by atoms with Gasteiger partial charge in [-0.1, -0.05) is 6.92 Å². The SMILES string of the molecule is CC=[N-].[Re]. The second-order valence-electron chi connectivity index (χ2n) is 0.258. The van der Waals surface area contributed by atoms with Crippen LogP contribution >= 0.6 is 0 Å². The number of hydrogen-bond donors (Lipinski definition) is 0. The molecule has 0 heterocycles. The van der Waals surface area contributed by atoms with Gasteiger partial charge in [-0.05, 0) is 0 Å². The van der Waals surface area contributed by atoms with Crippen molar-refractivity contribution in [2.45, 2.75) is 6.92 Å². The van der Waals surface area contributed by atoms with E-state index in [0.717, 1.165) is 6.21 Å². The van der Waals surface area contributed by atoms with Gasteiger partial charge in [-0.25, -0.2) is 6.21 Å². The maximum atomic E-state index is 7.44. The minimum absolute atomic E-state index is 0. The number of rotatable bonds is 0. The van der Waals surface area contributed by atoms with Crippen LogP contribution in [0.1, 0.15) is 6.92 Å². The molecule has 0 aliphatic heterocycles. The molecule has 0 aliphatic carbocycles. The Balaban J connectivity index is 0. The van der Waals surface area contributed by atoms with Crippen LogP contribution in [0.2, 0.25) is 0 Å². The van der Waals surface area contributed by atoms with Gasteiger partial charge in [0.25, 0.3) is 0 Å². The molecule has 0 aromatic heterocycles. The molecule has 0 atom stereocenters. The zero-order valence-electron chi connectivity index (χ0n) is 2.40. The number of hydrogen-bond acceptors (Lipinski definition) is 0. The minimum atomic E-state index is 0. The zero-order valence-corrected chi connectivity index (χ0v) is 5.12. The third-order valence-electron chi connectivity index (χ3n) is 0. The summed E-state index contributed by atoms with van der Waals surface area (Å²) >= 11 is 0. The number of nitrogens with zero attached hydrogens (tertiary/aromatic N) is 1. The Kier molecular flexibility index (Phi) is 22.6. The van der Waals surface area contributed by atoms with Crippen LogP contribution in [0.4, 0.5) is 0 Å². The minimum Gasteiger partial charge on any atom is -0.814 e. The van der Waals surface area contributed by atoms with E-state index in [1.165, 1.54) is 0 Å². The second kappa shape index (κ2) is 10.2. The fraction of sp³-hybridized carbons (Fsp3) is 0.500. The molecule has 25 valence electrons. The van der Waals surface area contributed by atoms with Gasteiger partial charge in [-0.15, -0.1) is 0 Å². The van der Waals surface area contributed by atoms with Crippen LogP contribution in [-0.4, -0.2) is 6.21 Å². The van der Waals surface area contributed by atoms with E-state index in [1.807, 2.05) is 0 Å². The van der Waals surface area contributed by atoms with E-state index in [-0.39, 0.29) is 20.4 Å². The average molecular weight is 228 g/mol. The van der Waals surface area contributed by atoms with Crippen molar-refractivity contribution >= 4 is 6.21 Å². The fourth-order valence-corrected chi connectivity index (χ4v) is 0. The van der Waals surface area contributed by atoms with Crippen LogP contribution in [0, 0.1) is 0 Å². The van der Waals surface area contributed by atoms with Gasteiger partial charge < -0.3 is 5.41 Å². The molecule has 0 N–H and O–H groups in total. The van der Waals surface area contributed by atoms with Gasteiger partial charge in [-0.2, -0.15) is 0 Å². The van der Waals surface area contributed by atoms with Crippen LogP contribution in [0.15, 0.2) is 0 Å². The van der Waals surface area contributed by atoms with E-state index in [1.54, 1.807) is 6.92 Å². The van der Waals surface area contributed by atoms with Crippen LogP contribution in [-0.2, 0) is 20.4 Å². The molecule has 2 heteroatoms. The van der Waals surface area contributed by atoms with Crippen molar-refractivity contribution < 1.29 is 20.4 Å². The Bertz CT molecular complexity index is 13.5. The first-order chi connectivity index (χ1) is 1.41. The topological polar surface area (TPSA) is 22.3 Å². The third kappa shape index (κ3) is 37.5. The van der Waals surface area contributed by atoms with E-state index >= 15 is 0 Å². The molecule has 1 radical (unpaired) electrons. The summed E-state index contributed by atoms with van der Waals surface area (Å²) in [5.74, 6) is 0. The van der Waals surface area contributed by atoms with Crippen molar-refractivity contribution in [1.29, 1.82) is 0 Å². The maximum Gasteiger partial charge on any atom is 0 e. The first-order valence-corrected chi connectivity index (χ1v) is 0.836. The van der Waals surface area contributed by atoms with E-state index in [0.29, 0.717) is 0 Å². The molecule has 0 amide bonds. The summed E-state index contributed by atoms with van der Waals surface area (Å²) in [5, 5.41) is 7.44. The van der Waals surface area contributed by atoms with Crippen molar-refractivity contribution in [2.24, 2.45) is 0 Å². The predicted molar refractivity (Wildman–Crippen MR) is 15.1 cm³/mol. The molecule has 0 aromatic carbocycles. The molecule has 0 aromatic rings. The van der Waals surface area contributed by atoms with Gasteiger partial charge in [0.15, 0.2) is 0 Å². The molecule has 0 fully saturated rings. The van der Waals surface area contributed by atoms with Crippen LogP contribution in [0.25, 0.3) is 5.41 Å². The van der Waals surface area contributed by atoms with E-state index in [9.17, 15) is 0 Å². The predicted octanol–water partition coefficient (Wildman–Crippen LogP) is 0.644. The summed E-state index contributed by atoms with van der Waals surface area (Å²) in [7, 11) is 0. The molecule has 4 heavy (non-hydrogen) atoms. The molecule has 0 aliphatic rings. The Morgan fingerprint density at radius 3 is 1.75 bits per heavy atom. The van der Waals surface area contributed by atoms with Crippen molar-refractivity contribution in [3.63, 3.8) is 0 Å². The molecule has 0 bridgehead atoms. The van der Waals surface area contributed by atoms with Crippen molar-refractivity contribution in [3.05, 3.63) is 5.41 Å². The van der Waals surface area contributed by atoms with Gasteiger partial charge in [0.05, 0.1) is 0 Å². The third-order valence-corrected chi connectivity index (χ3v) is 0. The Hall–Kier alpha value is 0.332. The largest absolute Gasteiger partial charge is 0.814 e. The van der Waals surface area contributed by atoms with Crippen LogP contribution < -0.4 is 0 Å². The zero-order chi connectivity index (χ0) is 2.71. The summed E-state index contributed by atoms with van der Waals surface area (Å²) < 4.78 is 0. The summed E-state index contributed by atoms with van der Waals surface area (Å²) in [4.78, 5) is 0. The van der Waals surface area contributed by atoms with Gasteiger partial charge in [-0.3, -0.25) is 0 Å². The average Bonchev–Trinajstić information content (AvgIpc) is 0.918. The van der Waals surface area contributed by atoms with E-state index < -0.39 is 0 Å². The van der Waals surface area contributed by atoms with Gasteiger partial charge in [0, 0.05) is 20.4 Å². The smallest absolute Gasteiger partial charge is 0 e. The molecule has 1 nitrogen and oxygen atoms in total. The molecule has 0 saturated carbocycles. The summed E-state index contributed by atoms with van der Waals surface area (Å²) in [6.45, 7) is 1.56. The Morgan fingerprint density at radius 1 is 1.75 bits per heavy atom. The molecular formula is C2H4NRe-. The molecule has 0 saturated heterocycles. The standard InChI is InChI=1S/C2H4N.Re/c1-2-3;/h2H,1H3;/q-1;. The van der Waals surface area contributed by atoms with Gasteiger partial charge >= 0.3 is 0 Å². The summed E-state index contributed by atoms with van der Waals surface area (Å²) in [5.41, 5.74) is 0. The Morgan fingerprint density at radius 2 is 1.75 bits per heavy atom. The quantitative estimate of drug-likeness (QED) is 0.543. The summed E-state index contributed by atoms with van der Waals surface area (Å²) in [6.07, 6.45) is 1.00. The van der Waals surface area contributed by atoms with Crippen molar-refractivity contribution in [3.8, 4) is 0 Å². The second-order valence-corrected chi connectivity index (χ2v) is 0.258. The molecule has 0 rings (SSSR count).